The average Bonchev–Trinajstić information content (AvgIpc) is 0.710. The summed E-state index contributed by atoms with van der Waals surface area (Å²) < 4.78 is 10.6. The van der Waals surface area contributed by atoms with Gasteiger partial charge in [-0.25, -0.2) is 0 Å². The largest absolute Gasteiger partial charge is 0.442 e. The third kappa shape index (κ3) is 32.3. The SMILES string of the molecule is CC(C)(C)CC(C)(C)c1cc([Si](O[Si](c2cc(C(C)(C)CC(C)(C)C)cc(C(C)(C)CC(C)(C)C)c2C(C)(C)CC(C)(C)C)c2cc(C(C)(C)CC(C)(C)C)cc(C(C)(C)CC(C)(C)C)c2C(C)(C)CC(C)(C)C)c2cc(C(C)(C)CC(C)(C)C)cc(C(C)(C)CC(C)(C)C)c2C(C)(C)CC(C)(C)C)c(C(C)(C)CC(C)(C)C)c(C(C)(C)CC(C)(C)C)c1. The first kappa shape index (κ1) is 113. The van der Waals surface area contributed by atoms with Gasteiger partial charge in [0.25, 0.3) is 18.1 Å². The smallest absolute Gasteiger partial charge is 0.273 e. The molecule has 0 aliphatic heterocycles. The number of hydrogen-bond donors (Lipinski definition) is 0. The third-order valence-electron chi connectivity index (χ3n) is 26.2. The van der Waals surface area contributed by atoms with E-state index < -0.39 is 18.1 Å². The standard InChI is InChI=1S/C120H212OSi2/c1-97(2,3)69-109(37,38)81-61-85(113(45,46)73-101(13,14)15)93(117(53,54)77-105(25,26)27)89(65-81)122(90-66-82(110(39,40)70-98(4,5)6)62-86(114(47,48)74-102(16,17)18)94(90)118(55,56)78-106(28,29)30)121-123(91-67-83(111(41,42)71-99(7,8)9)63-87(115(49,50)75-103(19,20)21)95(91)119(57,58)79-107(31,32)33)92-68-84(112(43,44)72-100(10,11)12)64-88(116(51,52)76-104(22,23)24)96(92)120(59,60)80-108(34,35)36/h61-68H,69-80H2,1-60H3. The van der Waals surface area contributed by atoms with Crippen LogP contribution in [0, 0.1) is 65.0 Å². The zero-order valence-corrected chi connectivity index (χ0v) is 96.5. The molecule has 0 fully saturated rings. The first-order valence-corrected chi connectivity index (χ1v) is 52.3. The third-order valence-corrected chi connectivity index (χ3v) is 31.3. The van der Waals surface area contributed by atoms with Crippen LogP contribution in [0.3, 0.4) is 0 Å². The molecule has 0 bridgehead atoms. The van der Waals surface area contributed by atoms with Gasteiger partial charge >= 0.3 is 0 Å². The van der Waals surface area contributed by atoms with Gasteiger partial charge in [0, 0.05) is 0 Å². The van der Waals surface area contributed by atoms with Crippen LogP contribution < -0.4 is 20.7 Å². The number of rotatable bonds is 30. The maximum absolute atomic E-state index is 10.6. The first-order chi connectivity index (χ1) is 53.3. The molecule has 706 valence electrons. The van der Waals surface area contributed by atoms with Crippen LogP contribution in [0.5, 0.6) is 0 Å². The van der Waals surface area contributed by atoms with Gasteiger partial charge in [0.1, 0.15) is 0 Å². The highest BCUT2D eigenvalue weighted by Crippen LogP contribution is 2.55. The molecule has 3 heteroatoms. The van der Waals surface area contributed by atoms with Crippen LogP contribution in [-0.4, -0.2) is 18.1 Å². The molecule has 0 aliphatic rings. The molecule has 4 aromatic rings. The van der Waals surface area contributed by atoms with Crippen LogP contribution in [-0.2, 0) is 69.1 Å². The Labute approximate surface area is 775 Å². The first-order valence-electron chi connectivity index (χ1n) is 49.5. The lowest BCUT2D eigenvalue weighted by molar-refractivity contribution is 0.262. The number of benzene rings is 4. The Morgan fingerprint density at radius 1 is 0.146 bits per heavy atom. The van der Waals surface area contributed by atoms with Gasteiger partial charge in [-0.15, -0.1) is 0 Å². The summed E-state index contributed by atoms with van der Waals surface area (Å²) in [6.45, 7) is 155. The second-order valence-electron chi connectivity index (χ2n) is 64.0. The highest BCUT2D eigenvalue weighted by Gasteiger charge is 2.52. The van der Waals surface area contributed by atoms with Gasteiger partial charge in [0.05, 0.1) is 0 Å². The molecule has 4 aromatic carbocycles. The van der Waals surface area contributed by atoms with Crippen molar-refractivity contribution in [2.75, 3.05) is 0 Å². The lowest BCUT2D eigenvalue weighted by Crippen LogP contribution is -2.62. The van der Waals surface area contributed by atoms with Crippen molar-refractivity contribution in [1.29, 1.82) is 0 Å². The Bertz CT molecular complexity index is 3680. The van der Waals surface area contributed by atoms with Gasteiger partial charge in [0.15, 0.2) is 0 Å². The fourth-order valence-corrected chi connectivity index (χ4v) is 34.7. The van der Waals surface area contributed by atoms with E-state index in [4.69, 9.17) is 0 Å². The van der Waals surface area contributed by atoms with Gasteiger partial charge in [-0.2, -0.15) is 0 Å². The van der Waals surface area contributed by atoms with Crippen molar-refractivity contribution in [3.8, 4) is 0 Å². The molecule has 2 radical (unpaired) electrons. The molecule has 0 saturated carbocycles. The second kappa shape index (κ2) is 35.7. The van der Waals surface area contributed by atoms with Crippen molar-refractivity contribution in [2.45, 2.75) is 557 Å². The molecular formula is C120H212OSi2. The van der Waals surface area contributed by atoms with Crippen molar-refractivity contribution in [3.63, 3.8) is 0 Å². The molecule has 0 unspecified atom stereocenters. The predicted octanol–water partition coefficient (Wildman–Crippen LogP) is 35.2. The van der Waals surface area contributed by atoms with Gasteiger partial charge in [-0.1, -0.05) is 464 Å². The molecule has 0 heterocycles. The minimum Gasteiger partial charge on any atom is -0.442 e. The quantitative estimate of drug-likeness (QED) is 0.0473. The normalized spacial score (nSPS) is 15.4. The Balaban J connectivity index is 3.34. The van der Waals surface area contributed by atoms with E-state index in [0.717, 1.165) is 77.0 Å². The van der Waals surface area contributed by atoms with Crippen LogP contribution in [0.2, 0.25) is 0 Å². The molecule has 1 nitrogen and oxygen atoms in total. The summed E-state index contributed by atoms with van der Waals surface area (Å²) in [5, 5.41) is 5.97. The second-order valence-corrected chi connectivity index (χ2v) is 68.3. The minimum absolute atomic E-state index is 0.0121. The van der Waals surface area contributed by atoms with Crippen LogP contribution in [0.4, 0.5) is 0 Å². The maximum Gasteiger partial charge on any atom is 0.273 e. The Morgan fingerprint density at radius 2 is 0.252 bits per heavy atom. The van der Waals surface area contributed by atoms with E-state index >= 15 is 0 Å². The van der Waals surface area contributed by atoms with Crippen molar-refractivity contribution < 1.29 is 4.12 Å². The molecule has 0 N–H and O–H groups in total. The average molecular weight is 1730 g/mol. The van der Waals surface area contributed by atoms with Crippen LogP contribution in [0.15, 0.2) is 48.5 Å². The van der Waals surface area contributed by atoms with Gasteiger partial charge in [-0.05, 0) is 295 Å². The van der Waals surface area contributed by atoms with E-state index in [9.17, 15) is 4.12 Å². The maximum atomic E-state index is 10.6. The van der Waals surface area contributed by atoms with Crippen molar-refractivity contribution in [3.05, 3.63) is 115 Å². The summed E-state index contributed by atoms with van der Waals surface area (Å²) in [7, 11) is -5.35. The summed E-state index contributed by atoms with van der Waals surface area (Å²) in [6, 6.07) is 23.1. The lowest BCUT2D eigenvalue weighted by Gasteiger charge is -2.47. The Hall–Kier alpha value is -2.73. The van der Waals surface area contributed by atoms with Gasteiger partial charge < -0.3 is 4.12 Å². The topological polar surface area (TPSA) is 9.23 Å². The predicted molar refractivity (Wildman–Crippen MR) is 562 cm³/mol. The zero-order valence-electron chi connectivity index (χ0n) is 94.5. The van der Waals surface area contributed by atoms with Crippen LogP contribution in [0.1, 0.15) is 559 Å². The summed E-state index contributed by atoms with van der Waals surface area (Å²) >= 11 is 0. The summed E-state index contributed by atoms with van der Waals surface area (Å²) in [6.07, 6.45) is 12.2. The fourth-order valence-electron chi connectivity index (χ4n) is 27.6. The highest BCUT2D eigenvalue weighted by molar-refractivity contribution is 6.92. The molecule has 0 atom stereocenters. The zero-order chi connectivity index (χ0) is 97.2. The molecule has 0 aromatic heterocycles. The molecule has 0 aliphatic carbocycles. The van der Waals surface area contributed by atoms with E-state index in [2.05, 4.69) is 464 Å². The van der Waals surface area contributed by atoms with Crippen molar-refractivity contribution in [1.82, 2.24) is 0 Å². The Morgan fingerprint density at radius 3 is 0.366 bits per heavy atom. The molecule has 0 saturated heterocycles. The van der Waals surface area contributed by atoms with Crippen LogP contribution in [0.25, 0.3) is 0 Å². The monoisotopic (exact) mass is 1730 g/mol. The molecular weight excluding hydrogens is 1510 g/mol. The van der Waals surface area contributed by atoms with E-state index in [0.29, 0.717) is 0 Å². The molecule has 0 spiro atoms. The minimum atomic E-state index is -2.68. The summed E-state index contributed by atoms with van der Waals surface area (Å²) in [4.78, 5) is 0. The molecule has 123 heavy (non-hydrogen) atoms. The van der Waals surface area contributed by atoms with E-state index in [1.54, 1.807) is 22.3 Å². The fraction of sp³-hybridized carbons (Fsp3) is 0.800. The lowest BCUT2D eigenvalue weighted by atomic mass is 9.63. The van der Waals surface area contributed by atoms with E-state index in [-0.39, 0.29) is 130 Å². The number of hydrogen-bond acceptors (Lipinski definition) is 1. The van der Waals surface area contributed by atoms with Crippen molar-refractivity contribution >= 4 is 38.8 Å². The summed E-state index contributed by atoms with van der Waals surface area (Å²) in [5.74, 6) is 0. The highest BCUT2D eigenvalue weighted by atomic mass is 28.4. The van der Waals surface area contributed by atoms with Crippen LogP contribution >= 0.6 is 0 Å². The van der Waals surface area contributed by atoms with E-state index in [1.807, 2.05) is 0 Å². The molecule has 0 amide bonds. The van der Waals surface area contributed by atoms with E-state index in [1.165, 1.54) is 65.3 Å². The molecule has 4 rings (SSSR count). The van der Waals surface area contributed by atoms with Crippen molar-refractivity contribution in [2.24, 2.45) is 65.0 Å². The van der Waals surface area contributed by atoms with Gasteiger partial charge in [0.2, 0.25) is 0 Å². The van der Waals surface area contributed by atoms with Gasteiger partial charge in [-0.3, -0.25) is 0 Å². The summed E-state index contributed by atoms with van der Waals surface area (Å²) in [5.41, 5.74) is 14.7. The Kier molecular flexibility index (Phi) is 32.7.